The van der Waals surface area contributed by atoms with Crippen LogP contribution in [0.25, 0.3) is 11.0 Å². The summed E-state index contributed by atoms with van der Waals surface area (Å²) in [4.78, 5) is 14.0. The summed E-state index contributed by atoms with van der Waals surface area (Å²) in [6, 6.07) is 6.05. The zero-order valence-corrected chi connectivity index (χ0v) is 12.2. The van der Waals surface area contributed by atoms with Crippen LogP contribution in [0.2, 0.25) is 0 Å². The van der Waals surface area contributed by atoms with Crippen LogP contribution >= 0.6 is 0 Å². The molecule has 4 nitrogen and oxygen atoms in total. The molecule has 1 amide bonds. The maximum absolute atomic E-state index is 12.3. The molecule has 108 valence electrons. The van der Waals surface area contributed by atoms with Crippen molar-refractivity contribution in [1.82, 2.24) is 4.90 Å². The normalized spacial score (nSPS) is 11.2. The van der Waals surface area contributed by atoms with Crippen LogP contribution in [0, 0.1) is 6.92 Å². The third-order valence-electron chi connectivity index (χ3n) is 3.44. The highest BCUT2D eigenvalue weighted by atomic mass is 16.3. The van der Waals surface area contributed by atoms with Crippen molar-refractivity contribution in [2.45, 2.75) is 33.2 Å². The van der Waals surface area contributed by atoms with Crippen molar-refractivity contribution in [2.75, 3.05) is 13.2 Å². The number of amides is 1. The van der Waals surface area contributed by atoms with E-state index in [1.807, 2.05) is 39.0 Å². The minimum Gasteiger partial charge on any atom is -0.464 e. The lowest BCUT2D eigenvalue weighted by molar-refractivity contribution is -0.132. The van der Waals surface area contributed by atoms with Crippen molar-refractivity contribution in [3.63, 3.8) is 0 Å². The number of benzene rings is 1. The Kier molecular flexibility index (Phi) is 4.45. The molecule has 0 saturated heterocycles. The Bertz CT molecular complexity index is 601. The van der Waals surface area contributed by atoms with E-state index >= 15 is 0 Å². The number of aliphatic hydroxyl groups is 1. The van der Waals surface area contributed by atoms with E-state index in [4.69, 9.17) is 9.52 Å². The highest BCUT2D eigenvalue weighted by Gasteiger charge is 2.18. The predicted molar refractivity (Wildman–Crippen MR) is 78.6 cm³/mol. The zero-order chi connectivity index (χ0) is 14.7. The molecule has 0 fully saturated rings. The SMILES string of the molecule is Cc1ccc2c(CC(=O)N(CCO)C(C)C)coc2c1. The number of aryl methyl sites for hydroxylation is 1. The second-order valence-electron chi connectivity index (χ2n) is 5.34. The first-order valence-electron chi connectivity index (χ1n) is 6.90. The monoisotopic (exact) mass is 275 g/mol. The van der Waals surface area contributed by atoms with Gasteiger partial charge in [0.25, 0.3) is 0 Å². The van der Waals surface area contributed by atoms with Gasteiger partial charge in [-0.3, -0.25) is 4.79 Å². The number of fused-ring (bicyclic) bond motifs is 1. The zero-order valence-electron chi connectivity index (χ0n) is 12.2. The van der Waals surface area contributed by atoms with Crippen LogP contribution < -0.4 is 0 Å². The summed E-state index contributed by atoms with van der Waals surface area (Å²) in [7, 11) is 0. The number of carbonyl (C=O) groups is 1. The van der Waals surface area contributed by atoms with Gasteiger partial charge in [0.05, 0.1) is 19.3 Å². The van der Waals surface area contributed by atoms with Crippen molar-refractivity contribution in [1.29, 1.82) is 0 Å². The Morgan fingerprint density at radius 3 is 2.80 bits per heavy atom. The lowest BCUT2D eigenvalue weighted by atomic mass is 10.1. The lowest BCUT2D eigenvalue weighted by Gasteiger charge is -2.25. The summed E-state index contributed by atoms with van der Waals surface area (Å²) in [5, 5.41) is 10.0. The van der Waals surface area contributed by atoms with Crippen LogP contribution in [-0.2, 0) is 11.2 Å². The van der Waals surface area contributed by atoms with Crippen molar-refractivity contribution in [3.05, 3.63) is 35.6 Å². The van der Waals surface area contributed by atoms with Gasteiger partial charge in [-0.05, 0) is 32.4 Å². The van der Waals surface area contributed by atoms with Gasteiger partial charge in [0.1, 0.15) is 5.58 Å². The molecule has 0 aliphatic rings. The molecule has 0 bridgehead atoms. The van der Waals surface area contributed by atoms with Crippen molar-refractivity contribution >= 4 is 16.9 Å². The third kappa shape index (κ3) is 3.02. The van der Waals surface area contributed by atoms with Crippen LogP contribution in [0.1, 0.15) is 25.0 Å². The standard InChI is InChI=1S/C16H21NO3/c1-11(2)17(6-7-18)16(19)9-13-10-20-15-8-12(3)4-5-14(13)15/h4-5,8,10-11,18H,6-7,9H2,1-3H3. The summed E-state index contributed by atoms with van der Waals surface area (Å²) >= 11 is 0. The number of hydrogen-bond acceptors (Lipinski definition) is 3. The highest BCUT2D eigenvalue weighted by Crippen LogP contribution is 2.23. The molecular formula is C16H21NO3. The molecule has 0 unspecified atom stereocenters. The Morgan fingerprint density at radius 2 is 2.15 bits per heavy atom. The van der Waals surface area contributed by atoms with E-state index in [-0.39, 0.29) is 18.6 Å². The molecule has 0 radical (unpaired) electrons. The maximum atomic E-state index is 12.3. The molecule has 0 aliphatic carbocycles. The summed E-state index contributed by atoms with van der Waals surface area (Å²) in [5.74, 6) is 0.0114. The van der Waals surface area contributed by atoms with Gasteiger partial charge in [-0.2, -0.15) is 0 Å². The first kappa shape index (κ1) is 14.6. The maximum Gasteiger partial charge on any atom is 0.227 e. The van der Waals surface area contributed by atoms with Gasteiger partial charge in [0.15, 0.2) is 0 Å². The Labute approximate surface area is 119 Å². The lowest BCUT2D eigenvalue weighted by Crippen LogP contribution is -2.39. The second kappa shape index (κ2) is 6.09. The summed E-state index contributed by atoms with van der Waals surface area (Å²) in [6.07, 6.45) is 1.95. The van der Waals surface area contributed by atoms with Gasteiger partial charge in [0, 0.05) is 23.5 Å². The average molecular weight is 275 g/mol. The van der Waals surface area contributed by atoms with Gasteiger partial charge in [0.2, 0.25) is 5.91 Å². The average Bonchev–Trinajstić information content (AvgIpc) is 2.77. The molecule has 0 spiro atoms. The molecule has 2 rings (SSSR count). The topological polar surface area (TPSA) is 53.7 Å². The molecule has 4 heteroatoms. The molecule has 0 saturated carbocycles. The van der Waals surface area contributed by atoms with Gasteiger partial charge in [-0.15, -0.1) is 0 Å². The fraction of sp³-hybridized carbons (Fsp3) is 0.438. The highest BCUT2D eigenvalue weighted by molar-refractivity contribution is 5.88. The smallest absolute Gasteiger partial charge is 0.227 e. The second-order valence-corrected chi connectivity index (χ2v) is 5.34. The van der Waals surface area contributed by atoms with Crippen molar-refractivity contribution in [3.8, 4) is 0 Å². The minimum atomic E-state index is -0.0186. The fourth-order valence-electron chi connectivity index (χ4n) is 2.37. The number of carbonyl (C=O) groups excluding carboxylic acids is 1. The molecule has 20 heavy (non-hydrogen) atoms. The predicted octanol–water partition coefficient (Wildman–Crippen LogP) is 2.51. The molecule has 1 aromatic heterocycles. The molecular weight excluding hydrogens is 254 g/mol. The number of nitrogens with zero attached hydrogens (tertiary/aromatic N) is 1. The van der Waals surface area contributed by atoms with E-state index in [9.17, 15) is 4.79 Å². The largest absolute Gasteiger partial charge is 0.464 e. The van der Waals surface area contributed by atoms with Gasteiger partial charge >= 0.3 is 0 Å². The van der Waals surface area contributed by atoms with Crippen molar-refractivity contribution < 1.29 is 14.3 Å². The van der Waals surface area contributed by atoms with E-state index in [1.54, 1.807) is 11.2 Å². The summed E-state index contributed by atoms with van der Waals surface area (Å²) in [5.41, 5.74) is 2.84. The van der Waals surface area contributed by atoms with Crippen molar-refractivity contribution in [2.24, 2.45) is 0 Å². The summed E-state index contributed by atoms with van der Waals surface area (Å²) in [6.45, 7) is 6.25. The number of aliphatic hydroxyl groups excluding tert-OH is 1. The minimum absolute atomic E-state index is 0.0114. The number of hydrogen-bond donors (Lipinski definition) is 1. The van der Waals surface area contributed by atoms with E-state index in [0.717, 1.165) is 22.1 Å². The third-order valence-corrected chi connectivity index (χ3v) is 3.44. The molecule has 2 aromatic rings. The number of furan rings is 1. The molecule has 0 aliphatic heterocycles. The van der Waals surface area contributed by atoms with E-state index < -0.39 is 0 Å². The van der Waals surface area contributed by atoms with Crippen LogP contribution in [0.4, 0.5) is 0 Å². The Balaban J connectivity index is 2.21. The Hall–Kier alpha value is -1.81. The first-order chi connectivity index (χ1) is 9.52. The quantitative estimate of drug-likeness (QED) is 0.912. The molecule has 1 aromatic carbocycles. The van der Waals surface area contributed by atoms with Gasteiger partial charge in [-0.1, -0.05) is 12.1 Å². The fourth-order valence-corrected chi connectivity index (χ4v) is 2.37. The molecule has 1 heterocycles. The van der Waals surface area contributed by atoms with Crippen LogP contribution in [0.15, 0.2) is 28.9 Å². The van der Waals surface area contributed by atoms with Gasteiger partial charge < -0.3 is 14.4 Å². The molecule has 1 N–H and O–H groups in total. The van der Waals surface area contributed by atoms with Crippen LogP contribution in [0.3, 0.4) is 0 Å². The van der Waals surface area contributed by atoms with E-state index in [1.165, 1.54) is 0 Å². The summed E-state index contributed by atoms with van der Waals surface area (Å²) < 4.78 is 5.51. The first-order valence-corrected chi connectivity index (χ1v) is 6.90. The van der Waals surface area contributed by atoms with E-state index in [0.29, 0.717) is 13.0 Å². The van der Waals surface area contributed by atoms with Crippen LogP contribution in [0.5, 0.6) is 0 Å². The van der Waals surface area contributed by atoms with Crippen LogP contribution in [-0.4, -0.2) is 35.1 Å². The number of rotatable bonds is 5. The Morgan fingerprint density at radius 1 is 1.40 bits per heavy atom. The van der Waals surface area contributed by atoms with E-state index in [2.05, 4.69) is 0 Å². The van der Waals surface area contributed by atoms with Gasteiger partial charge in [-0.25, -0.2) is 0 Å². The molecule has 0 atom stereocenters.